The number of hydrogen-bond acceptors (Lipinski definition) is 3. The predicted octanol–water partition coefficient (Wildman–Crippen LogP) is 3.81. The van der Waals surface area contributed by atoms with Gasteiger partial charge in [0.1, 0.15) is 5.75 Å². The number of halogens is 1. The molecule has 0 spiro atoms. The molecular weight excluding hydrogens is 338 g/mol. The van der Waals surface area contributed by atoms with E-state index in [1.165, 1.54) is 0 Å². The number of rotatable bonds is 5. The number of benzene rings is 1. The first-order valence-corrected chi connectivity index (χ1v) is 7.92. The molecule has 0 fully saturated rings. The molecular formula is C15H16BrNO2S. The summed E-state index contributed by atoms with van der Waals surface area (Å²) in [5, 5.41) is 9.67. The number of amides is 1. The third-order valence-corrected chi connectivity index (χ3v) is 4.66. The lowest BCUT2D eigenvalue weighted by molar-refractivity contribution is -0.130. The molecule has 1 N–H and O–H groups in total. The van der Waals surface area contributed by atoms with Crippen LogP contribution in [-0.4, -0.2) is 23.0 Å². The Morgan fingerprint density at radius 1 is 1.30 bits per heavy atom. The Kier molecular flexibility index (Phi) is 5.20. The van der Waals surface area contributed by atoms with E-state index >= 15 is 0 Å². The van der Waals surface area contributed by atoms with Gasteiger partial charge in [0.2, 0.25) is 5.91 Å². The molecule has 0 bridgehead atoms. The van der Waals surface area contributed by atoms with Crippen molar-refractivity contribution in [3.05, 3.63) is 50.6 Å². The lowest BCUT2D eigenvalue weighted by Gasteiger charge is -2.16. The Balaban J connectivity index is 1.87. The highest BCUT2D eigenvalue weighted by atomic mass is 79.9. The fourth-order valence-corrected chi connectivity index (χ4v) is 3.45. The van der Waals surface area contributed by atoms with Crippen molar-refractivity contribution in [1.29, 1.82) is 0 Å². The van der Waals surface area contributed by atoms with Gasteiger partial charge in [-0.2, -0.15) is 0 Å². The molecule has 0 aliphatic heterocycles. The molecule has 0 saturated heterocycles. The smallest absolute Gasteiger partial charge is 0.222 e. The van der Waals surface area contributed by atoms with Crippen molar-refractivity contribution in [3.8, 4) is 5.75 Å². The van der Waals surface area contributed by atoms with E-state index in [4.69, 9.17) is 0 Å². The summed E-state index contributed by atoms with van der Waals surface area (Å²) in [7, 11) is 1.81. The maximum Gasteiger partial charge on any atom is 0.222 e. The summed E-state index contributed by atoms with van der Waals surface area (Å²) >= 11 is 5.05. The van der Waals surface area contributed by atoms with Crippen LogP contribution in [0.1, 0.15) is 16.9 Å². The fourth-order valence-electron chi connectivity index (χ4n) is 1.91. The highest BCUT2D eigenvalue weighted by Gasteiger charge is 2.11. The van der Waals surface area contributed by atoms with E-state index < -0.39 is 0 Å². The zero-order chi connectivity index (χ0) is 14.5. The number of phenols is 1. The van der Waals surface area contributed by atoms with Crippen LogP contribution in [0.5, 0.6) is 5.75 Å². The largest absolute Gasteiger partial charge is 0.508 e. The second-order valence-electron chi connectivity index (χ2n) is 4.58. The molecule has 0 radical (unpaired) electrons. The predicted molar refractivity (Wildman–Crippen MR) is 84.9 cm³/mol. The first-order chi connectivity index (χ1) is 9.56. The van der Waals surface area contributed by atoms with Crippen LogP contribution in [0.4, 0.5) is 0 Å². The van der Waals surface area contributed by atoms with Crippen molar-refractivity contribution < 1.29 is 9.90 Å². The van der Waals surface area contributed by atoms with Gasteiger partial charge in [-0.15, -0.1) is 11.3 Å². The van der Waals surface area contributed by atoms with Gasteiger partial charge < -0.3 is 10.0 Å². The van der Waals surface area contributed by atoms with E-state index in [1.807, 2.05) is 24.3 Å². The lowest BCUT2D eigenvalue weighted by Crippen LogP contribution is -2.25. The molecule has 1 amide bonds. The standard InChI is InChI=1S/C15H16BrNO2S/c1-17(10-12-7-8-14(16)20-12)15(19)9-6-11-4-2-3-5-13(11)18/h2-5,7-8,18H,6,9-10H2,1H3. The molecule has 0 aliphatic rings. The molecule has 2 rings (SSSR count). The highest BCUT2D eigenvalue weighted by Crippen LogP contribution is 2.23. The van der Waals surface area contributed by atoms with Gasteiger partial charge in [-0.25, -0.2) is 0 Å². The number of hydrogen-bond donors (Lipinski definition) is 1. The van der Waals surface area contributed by atoms with Crippen LogP contribution < -0.4 is 0 Å². The fraction of sp³-hybridized carbons (Fsp3) is 0.267. The van der Waals surface area contributed by atoms with E-state index in [-0.39, 0.29) is 11.7 Å². The third kappa shape index (κ3) is 4.08. The topological polar surface area (TPSA) is 40.5 Å². The number of thiophene rings is 1. The summed E-state index contributed by atoms with van der Waals surface area (Å²) in [5.41, 5.74) is 0.813. The summed E-state index contributed by atoms with van der Waals surface area (Å²) in [6.07, 6.45) is 0.963. The van der Waals surface area contributed by atoms with Crippen molar-refractivity contribution in [2.45, 2.75) is 19.4 Å². The van der Waals surface area contributed by atoms with Crippen LogP contribution in [0.25, 0.3) is 0 Å². The van der Waals surface area contributed by atoms with E-state index in [0.29, 0.717) is 19.4 Å². The Hall–Kier alpha value is -1.33. The van der Waals surface area contributed by atoms with Gasteiger partial charge in [0, 0.05) is 18.3 Å². The SMILES string of the molecule is CN(Cc1ccc(Br)s1)C(=O)CCc1ccccc1O. The normalized spacial score (nSPS) is 10.5. The molecule has 20 heavy (non-hydrogen) atoms. The first kappa shape index (κ1) is 15.1. The Morgan fingerprint density at radius 2 is 2.05 bits per heavy atom. The van der Waals surface area contributed by atoms with E-state index in [0.717, 1.165) is 14.2 Å². The number of nitrogens with zero attached hydrogens (tertiary/aromatic N) is 1. The molecule has 1 aromatic carbocycles. The Labute approximate surface area is 131 Å². The van der Waals surface area contributed by atoms with Gasteiger partial charge >= 0.3 is 0 Å². The minimum absolute atomic E-state index is 0.0813. The van der Waals surface area contributed by atoms with Crippen LogP contribution in [-0.2, 0) is 17.8 Å². The van der Waals surface area contributed by atoms with Crippen LogP contribution in [0.15, 0.2) is 40.2 Å². The molecule has 0 atom stereocenters. The summed E-state index contributed by atoms with van der Waals surface area (Å²) in [4.78, 5) is 14.9. The van der Waals surface area contributed by atoms with Crippen molar-refractivity contribution in [1.82, 2.24) is 4.90 Å². The maximum absolute atomic E-state index is 12.1. The van der Waals surface area contributed by atoms with Gasteiger partial charge in [0.15, 0.2) is 0 Å². The Bertz CT molecular complexity index is 597. The Morgan fingerprint density at radius 3 is 2.70 bits per heavy atom. The molecule has 3 nitrogen and oxygen atoms in total. The van der Waals surface area contributed by atoms with Crippen molar-refractivity contribution >= 4 is 33.2 Å². The molecule has 0 aliphatic carbocycles. The molecule has 1 aromatic heterocycles. The lowest BCUT2D eigenvalue weighted by atomic mass is 10.1. The van der Waals surface area contributed by atoms with Crippen molar-refractivity contribution in [2.75, 3.05) is 7.05 Å². The monoisotopic (exact) mass is 353 g/mol. The summed E-state index contributed by atoms with van der Waals surface area (Å²) in [6.45, 7) is 0.621. The van der Waals surface area contributed by atoms with Gasteiger partial charge in [-0.3, -0.25) is 4.79 Å². The number of phenolic OH excluding ortho intramolecular Hbond substituents is 1. The first-order valence-electron chi connectivity index (χ1n) is 6.31. The number of carbonyl (C=O) groups is 1. The summed E-state index contributed by atoms with van der Waals surface area (Å²) in [6, 6.07) is 11.1. The van der Waals surface area contributed by atoms with E-state index in [1.54, 1.807) is 35.4 Å². The van der Waals surface area contributed by atoms with Gasteiger partial charge in [0.05, 0.1) is 10.3 Å². The molecule has 1 heterocycles. The minimum atomic E-state index is 0.0813. The average molecular weight is 354 g/mol. The van der Waals surface area contributed by atoms with E-state index in [9.17, 15) is 9.90 Å². The quantitative estimate of drug-likeness (QED) is 0.887. The van der Waals surface area contributed by atoms with Gasteiger partial charge in [-0.1, -0.05) is 18.2 Å². The second kappa shape index (κ2) is 6.90. The molecule has 0 unspecified atom stereocenters. The average Bonchev–Trinajstić information content (AvgIpc) is 2.82. The van der Waals surface area contributed by atoms with Gasteiger partial charge in [0.25, 0.3) is 0 Å². The number of carbonyl (C=O) groups excluding carboxylic acids is 1. The number of aromatic hydroxyl groups is 1. The zero-order valence-corrected chi connectivity index (χ0v) is 13.6. The van der Waals surface area contributed by atoms with Crippen molar-refractivity contribution in [3.63, 3.8) is 0 Å². The highest BCUT2D eigenvalue weighted by molar-refractivity contribution is 9.11. The van der Waals surface area contributed by atoms with Crippen LogP contribution in [0.3, 0.4) is 0 Å². The molecule has 5 heteroatoms. The summed E-state index contributed by atoms with van der Waals surface area (Å²) < 4.78 is 1.07. The van der Waals surface area contributed by atoms with Crippen LogP contribution in [0.2, 0.25) is 0 Å². The molecule has 2 aromatic rings. The van der Waals surface area contributed by atoms with Gasteiger partial charge in [-0.05, 0) is 46.1 Å². The van der Waals surface area contributed by atoms with Crippen LogP contribution >= 0.6 is 27.3 Å². The zero-order valence-electron chi connectivity index (χ0n) is 11.2. The summed E-state index contributed by atoms with van der Waals surface area (Å²) in [5.74, 6) is 0.336. The number of aryl methyl sites for hydroxylation is 1. The van der Waals surface area contributed by atoms with Crippen molar-refractivity contribution in [2.24, 2.45) is 0 Å². The maximum atomic E-state index is 12.1. The number of para-hydroxylation sites is 1. The minimum Gasteiger partial charge on any atom is -0.508 e. The molecule has 0 saturated carbocycles. The third-order valence-electron chi connectivity index (χ3n) is 3.05. The van der Waals surface area contributed by atoms with E-state index in [2.05, 4.69) is 15.9 Å². The second-order valence-corrected chi connectivity index (χ2v) is 7.13. The van der Waals surface area contributed by atoms with Crippen LogP contribution in [0, 0.1) is 0 Å². The molecule has 106 valence electrons.